The maximum absolute atomic E-state index is 15.3. The zero-order chi connectivity index (χ0) is 27.4. The Bertz CT molecular complexity index is 1450. The largest absolute Gasteiger partial charge is 0.497 e. The molecule has 0 saturated carbocycles. The zero-order valence-electron chi connectivity index (χ0n) is 18.8. The number of nitrogens with zero attached hydrogens (tertiary/aromatic N) is 1. The molecule has 1 amide bonds. The minimum atomic E-state index is -5.63. The Labute approximate surface area is 214 Å². The Morgan fingerprint density at radius 3 is 2.30 bits per heavy atom. The fourth-order valence-corrected chi connectivity index (χ4v) is 8.03. The third-order valence-electron chi connectivity index (χ3n) is 6.59. The third-order valence-corrected chi connectivity index (χ3v) is 10.8. The normalized spacial score (nSPS) is 22.1. The molecule has 2 atom stereocenters. The average molecular weight is 588 g/mol. The quantitative estimate of drug-likeness (QED) is 0.491. The van der Waals surface area contributed by atoms with Crippen molar-refractivity contribution in [3.8, 4) is 5.75 Å². The maximum Gasteiger partial charge on any atom is 0.497 e. The molecule has 37 heavy (non-hydrogen) atoms. The van der Waals surface area contributed by atoms with Crippen LogP contribution in [0.25, 0.3) is 0 Å². The molecule has 2 aliphatic heterocycles. The number of hydrogen-bond donors (Lipinski definition) is 0. The first-order chi connectivity index (χ1) is 17.1. The number of piperidine rings is 1. The molecule has 1 fully saturated rings. The summed E-state index contributed by atoms with van der Waals surface area (Å²) in [6.45, 7) is -0.791. The van der Waals surface area contributed by atoms with Gasteiger partial charge in [0.25, 0.3) is 0 Å². The molecule has 2 heterocycles. The second kappa shape index (κ2) is 9.38. The van der Waals surface area contributed by atoms with Gasteiger partial charge in [0, 0.05) is 18.0 Å². The number of hydrogen-bond acceptors (Lipinski definition) is 6. The second-order valence-corrected chi connectivity index (χ2v) is 13.4. The predicted octanol–water partition coefficient (Wildman–Crippen LogP) is 4.00. The number of fused-ring (bicyclic) bond motifs is 3. The fourth-order valence-electron chi connectivity index (χ4n) is 4.88. The molecule has 0 N–H and O–H groups in total. The summed E-state index contributed by atoms with van der Waals surface area (Å²) in [7, 11) is -10.3. The van der Waals surface area contributed by atoms with Gasteiger partial charge in [0.05, 0.1) is 22.3 Å². The van der Waals surface area contributed by atoms with E-state index >= 15 is 4.39 Å². The fraction of sp³-hybridized carbons (Fsp3) is 0.409. The molecule has 0 unspecified atom stereocenters. The number of alkyl halides is 3. The van der Waals surface area contributed by atoms with Gasteiger partial charge in [-0.05, 0) is 49.2 Å². The van der Waals surface area contributed by atoms with Crippen molar-refractivity contribution in [3.63, 3.8) is 0 Å². The Balaban J connectivity index is 1.85. The number of carbonyl (C=O) groups excluding carboxylic acids is 1. The van der Waals surface area contributed by atoms with Gasteiger partial charge in [-0.3, -0.25) is 4.79 Å². The molecule has 7 nitrogen and oxygen atoms in total. The van der Waals surface area contributed by atoms with Crippen molar-refractivity contribution in [2.45, 2.75) is 40.5 Å². The number of benzene rings is 2. The molecule has 2 aliphatic rings. The summed E-state index contributed by atoms with van der Waals surface area (Å²) in [6.07, 6.45) is -1.44. The summed E-state index contributed by atoms with van der Waals surface area (Å²) in [5.74, 6) is -5.47. The summed E-state index contributed by atoms with van der Waals surface area (Å²) in [5.41, 5.74) is -6.22. The zero-order valence-corrected chi connectivity index (χ0v) is 21.2. The molecule has 2 aromatic rings. The molecule has 202 valence electrons. The molecular formula is C22H19ClF5NO6S2. The number of carbonyl (C=O) groups is 1. The SMILES string of the molecule is O=C(CCS(=O)(=O)C(F)(F)F)N1CCC[C@]2(S(=O)(=O)c3ccc(Cl)cc3)c3c(F)ccc(F)c3OC[C@H]12. The molecule has 0 aromatic heterocycles. The van der Waals surface area contributed by atoms with E-state index in [1.54, 1.807) is 0 Å². The molecule has 1 saturated heterocycles. The highest BCUT2D eigenvalue weighted by Crippen LogP contribution is 2.53. The minimum absolute atomic E-state index is 0.0591. The highest BCUT2D eigenvalue weighted by Gasteiger charge is 2.61. The minimum Gasteiger partial charge on any atom is -0.488 e. The summed E-state index contributed by atoms with van der Waals surface area (Å²) < 4.78 is 123. The van der Waals surface area contributed by atoms with Gasteiger partial charge < -0.3 is 9.64 Å². The van der Waals surface area contributed by atoms with Crippen molar-refractivity contribution >= 4 is 37.2 Å². The number of halogens is 6. The first-order valence-electron chi connectivity index (χ1n) is 10.8. The molecule has 4 rings (SSSR count). The van der Waals surface area contributed by atoms with E-state index in [0.717, 1.165) is 29.2 Å². The van der Waals surface area contributed by atoms with Gasteiger partial charge in [-0.15, -0.1) is 0 Å². The van der Waals surface area contributed by atoms with Crippen LogP contribution in [0.1, 0.15) is 24.8 Å². The van der Waals surface area contributed by atoms with Crippen molar-refractivity contribution in [1.29, 1.82) is 0 Å². The van der Waals surface area contributed by atoms with Gasteiger partial charge in [-0.2, -0.15) is 13.2 Å². The maximum atomic E-state index is 15.3. The van der Waals surface area contributed by atoms with Crippen LogP contribution in [0.15, 0.2) is 41.3 Å². The Hall–Kier alpha value is -2.45. The van der Waals surface area contributed by atoms with Crippen LogP contribution in [0.2, 0.25) is 5.02 Å². The average Bonchev–Trinajstić information content (AvgIpc) is 2.83. The van der Waals surface area contributed by atoms with Crippen LogP contribution in [0.5, 0.6) is 5.75 Å². The van der Waals surface area contributed by atoms with Gasteiger partial charge in [0.2, 0.25) is 15.7 Å². The van der Waals surface area contributed by atoms with E-state index in [4.69, 9.17) is 16.3 Å². The van der Waals surface area contributed by atoms with Gasteiger partial charge >= 0.3 is 5.51 Å². The lowest BCUT2D eigenvalue weighted by Gasteiger charge is -2.51. The van der Waals surface area contributed by atoms with E-state index in [2.05, 4.69) is 0 Å². The summed E-state index contributed by atoms with van der Waals surface area (Å²) >= 11 is 5.87. The molecular weight excluding hydrogens is 569 g/mol. The molecule has 0 aliphatic carbocycles. The Morgan fingerprint density at radius 1 is 1.05 bits per heavy atom. The van der Waals surface area contributed by atoms with Crippen LogP contribution in [-0.2, 0) is 29.2 Å². The van der Waals surface area contributed by atoms with E-state index < -0.39 is 83.6 Å². The highest BCUT2D eigenvalue weighted by molar-refractivity contribution is 7.92. The standard InChI is InChI=1S/C22H19ClF5NO6S2/c23-13-2-4-14(5-3-13)37(33,34)21-9-1-10-29(18(30)8-11-36(31,32)22(26,27)28)17(21)12-35-20-16(25)7-6-15(24)19(20)21/h2-7,17H,1,8-12H2/t17-,21+/m0/s1. The van der Waals surface area contributed by atoms with Crippen LogP contribution in [0.3, 0.4) is 0 Å². The summed E-state index contributed by atoms with van der Waals surface area (Å²) in [6, 6.07) is 4.85. The molecule has 0 radical (unpaired) electrons. The molecule has 15 heteroatoms. The topological polar surface area (TPSA) is 97.8 Å². The number of sulfone groups is 2. The van der Waals surface area contributed by atoms with Gasteiger partial charge in [-0.1, -0.05) is 11.6 Å². The van der Waals surface area contributed by atoms with Crippen molar-refractivity contribution in [1.82, 2.24) is 4.90 Å². The highest BCUT2D eigenvalue weighted by atomic mass is 35.5. The summed E-state index contributed by atoms with van der Waals surface area (Å²) in [5, 5.41) is 0.198. The van der Waals surface area contributed by atoms with Gasteiger partial charge in [0.15, 0.2) is 21.4 Å². The Kier molecular flexibility index (Phi) is 6.99. The van der Waals surface area contributed by atoms with Crippen molar-refractivity contribution in [3.05, 3.63) is 58.6 Å². The van der Waals surface area contributed by atoms with Crippen LogP contribution in [-0.4, -0.2) is 58.1 Å². The van der Waals surface area contributed by atoms with Crippen molar-refractivity contribution in [2.75, 3.05) is 18.9 Å². The van der Waals surface area contributed by atoms with E-state index in [0.29, 0.717) is 0 Å². The first-order valence-corrected chi connectivity index (χ1v) is 14.3. The lowest BCUT2D eigenvalue weighted by Crippen LogP contribution is -2.64. The van der Waals surface area contributed by atoms with E-state index in [9.17, 15) is 39.2 Å². The van der Waals surface area contributed by atoms with Crippen LogP contribution < -0.4 is 4.74 Å². The third kappa shape index (κ3) is 4.46. The van der Waals surface area contributed by atoms with E-state index in [-0.39, 0.29) is 29.3 Å². The molecule has 0 spiro atoms. The number of ether oxygens (including phenoxy) is 1. The van der Waals surface area contributed by atoms with Gasteiger partial charge in [0.1, 0.15) is 17.2 Å². The van der Waals surface area contributed by atoms with Crippen LogP contribution in [0, 0.1) is 11.6 Å². The smallest absolute Gasteiger partial charge is 0.488 e. The van der Waals surface area contributed by atoms with Crippen LogP contribution >= 0.6 is 11.6 Å². The molecule has 2 aromatic carbocycles. The number of rotatable bonds is 5. The lowest BCUT2D eigenvalue weighted by molar-refractivity contribution is -0.137. The van der Waals surface area contributed by atoms with Crippen molar-refractivity contribution < 1.29 is 48.3 Å². The molecule has 0 bridgehead atoms. The Morgan fingerprint density at radius 2 is 1.68 bits per heavy atom. The van der Waals surface area contributed by atoms with Gasteiger partial charge in [-0.25, -0.2) is 25.6 Å². The number of amides is 1. The van der Waals surface area contributed by atoms with Crippen molar-refractivity contribution in [2.24, 2.45) is 0 Å². The lowest BCUT2D eigenvalue weighted by atomic mass is 9.80. The van der Waals surface area contributed by atoms with E-state index in [1.807, 2.05) is 0 Å². The predicted molar refractivity (Wildman–Crippen MR) is 121 cm³/mol. The monoisotopic (exact) mass is 587 g/mol. The first kappa shape index (κ1) is 27.6. The van der Waals surface area contributed by atoms with Crippen LogP contribution in [0.4, 0.5) is 22.0 Å². The number of likely N-dealkylation sites (tertiary alicyclic amines) is 1. The summed E-state index contributed by atoms with van der Waals surface area (Å²) in [4.78, 5) is 13.6. The van der Waals surface area contributed by atoms with E-state index in [1.165, 1.54) is 12.1 Å². The second-order valence-electron chi connectivity index (χ2n) is 8.61.